The number of nitrogens with one attached hydrogen (secondary N) is 1. The predicted molar refractivity (Wildman–Crippen MR) is 113 cm³/mol. The van der Waals surface area contributed by atoms with E-state index in [0.29, 0.717) is 23.5 Å². The molecule has 1 aliphatic heterocycles. The van der Waals surface area contributed by atoms with Gasteiger partial charge in [-0.2, -0.15) is 0 Å². The fraction of sp³-hybridized carbons (Fsp3) is 0.364. The predicted octanol–water partition coefficient (Wildman–Crippen LogP) is 4.27. The van der Waals surface area contributed by atoms with Gasteiger partial charge in [-0.25, -0.2) is 0 Å². The molecule has 1 saturated heterocycles. The van der Waals surface area contributed by atoms with Crippen molar-refractivity contribution in [2.75, 3.05) is 13.2 Å². The summed E-state index contributed by atoms with van der Waals surface area (Å²) < 4.78 is 6.86. The van der Waals surface area contributed by atoms with Crippen LogP contribution in [0.2, 0.25) is 0 Å². The van der Waals surface area contributed by atoms with Crippen LogP contribution in [0.5, 0.6) is 5.75 Å². The second-order valence-electron chi connectivity index (χ2n) is 7.27. The van der Waals surface area contributed by atoms with Crippen molar-refractivity contribution in [2.24, 2.45) is 0 Å². The molecule has 2 amide bonds. The van der Waals surface area contributed by atoms with E-state index in [9.17, 15) is 9.59 Å². The number of ether oxygens (including phenoxy) is 1. The molecular formula is C22H25BrN2O3. The molecule has 28 heavy (non-hydrogen) atoms. The van der Waals surface area contributed by atoms with Crippen LogP contribution in [0.1, 0.15) is 47.4 Å². The van der Waals surface area contributed by atoms with Gasteiger partial charge in [0.1, 0.15) is 12.4 Å². The first-order valence-electron chi connectivity index (χ1n) is 9.54. The van der Waals surface area contributed by atoms with E-state index in [1.165, 1.54) is 0 Å². The van der Waals surface area contributed by atoms with Gasteiger partial charge in [0.25, 0.3) is 11.8 Å². The number of likely N-dealkylation sites (tertiary alicyclic amines) is 1. The third kappa shape index (κ3) is 5.13. The van der Waals surface area contributed by atoms with Gasteiger partial charge in [0.05, 0.1) is 6.04 Å². The zero-order chi connectivity index (χ0) is 20.1. The van der Waals surface area contributed by atoms with E-state index >= 15 is 0 Å². The van der Waals surface area contributed by atoms with Crippen LogP contribution in [0.15, 0.2) is 53.0 Å². The van der Waals surface area contributed by atoms with E-state index in [1.807, 2.05) is 43.0 Å². The maximum atomic E-state index is 12.8. The summed E-state index contributed by atoms with van der Waals surface area (Å²) >= 11 is 3.40. The minimum atomic E-state index is -0.0939. The monoisotopic (exact) mass is 444 g/mol. The topological polar surface area (TPSA) is 58.6 Å². The van der Waals surface area contributed by atoms with Crippen LogP contribution in [-0.4, -0.2) is 41.9 Å². The van der Waals surface area contributed by atoms with Gasteiger partial charge in [0.2, 0.25) is 0 Å². The minimum Gasteiger partial charge on any atom is -0.491 e. The SMILES string of the molecule is CC(C)NC(=O)c1ccc(OCC2CCCN2C(=O)c2ccc(Br)cc2)cc1. The lowest BCUT2D eigenvalue weighted by molar-refractivity contribution is 0.0691. The number of hydrogen-bond acceptors (Lipinski definition) is 3. The molecule has 0 radical (unpaired) electrons. The molecule has 148 valence electrons. The largest absolute Gasteiger partial charge is 0.491 e. The highest BCUT2D eigenvalue weighted by Crippen LogP contribution is 2.22. The van der Waals surface area contributed by atoms with Crippen LogP contribution in [-0.2, 0) is 0 Å². The van der Waals surface area contributed by atoms with Crippen molar-refractivity contribution >= 4 is 27.7 Å². The Morgan fingerprint density at radius 2 is 1.75 bits per heavy atom. The number of carbonyl (C=O) groups excluding carboxylic acids is 2. The number of hydrogen-bond donors (Lipinski definition) is 1. The molecule has 1 N–H and O–H groups in total. The summed E-state index contributed by atoms with van der Waals surface area (Å²) in [5.41, 5.74) is 1.30. The number of halogens is 1. The Labute approximate surface area is 174 Å². The Balaban J connectivity index is 1.58. The summed E-state index contributed by atoms with van der Waals surface area (Å²) in [4.78, 5) is 26.7. The number of amides is 2. The molecule has 1 aliphatic rings. The van der Waals surface area contributed by atoms with Gasteiger partial charge in [0, 0.05) is 28.2 Å². The van der Waals surface area contributed by atoms with Crippen LogP contribution in [0.25, 0.3) is 0 Å². The molecule has 2 aromatic carbocycles. The molecule has 0 aromatic heterocycles. The summed E-state index contributed by atoms with van der Waals surface area (Å²) in [6, 6.07) is 14.7. The molecule has 0 bridgehead atoms. The van der Waals surface area contributed by atoms with Crippen molar-refractivity contribution in [3.05, 3.63) is 64.1 Å². The van der Waals surface area contributed by atoms with Gasteiger partial charge in [-0.1, -0.05) is 15.9 Å². The van der Waals surface area contributed by atoms with Crippen LogP contribution in [0.4, 0.5) is 0 Å². The average Bonchev–Trinajstić information content (AvgIpc) is 3.15. The van der Waals surface area contributed by atoms with E-state index in [1.54, 1.807) is 24.3 Å². The highest BCUT2D eigenvalue weighted by Gasteiger charge is 2.29. The summed E-state index contributed by atoms with van der Waals surface area (Å²) in [5.74, 6) is 0.645. The second kappa shape index (κ2) is 9.24. The van der Waals surface area contributed by atoms with Crippen LogP contribution in [0.3, 0.4) is 0 Å². The second-order valence-corrected chi connectivity index (χ2v) is 8.18. The Kier molecular flexibility index (Phi) is 6.73. The molecule has 6 heteroatoms. The van der Waals surface area contributed by atoms with Gasteiger partial charge in [0.15, 0.2) is 0 Å². The molecule has 1 fully saturated rings. The Morgan fingerprint density at radius 1 is 1.11 bits per heavy atom. The van der Waals surface area contributed by atoms with Crippen molar-refractivity contribution < 1.29 is 14.3 Å². The van der Waals surface area contributed by atoms with E-state index in [2.05, 4.69) is 21.2 Å². The van der Waals surface area contributed by atoms with Crippen LogP contribution in [0, 0.1) is 0 Å². The summed E-state index contributed by atoms with van der Waals surface area (Å²) in [6.07, 6.45) is 1.90. The molecule has 0 saturated carbocycles. The maximum absolute atomic E-state index is 12.8. The summed E-state index contributed by atoms with van der Waals surface area (Å²) in [7, 11) is 0. The lowest BCUT2D eigenvalue weighted by Crippen LogP contribution is -2.39. The number of carbonyl (C=O) groups is 2. The van der Waals surface area contributed by atoms with Gasteiger partial charge >= 0.3 is 0 Å². The van der Waals surface area contributed by atoms with Crippen LogP contribution < -0.4 is 10.1 Å². The molecule has 1 unspecified atom stereocenters. The quantitative estimate of drug-likeness (QED) is 0.723. The van der Waals surface area contributed by atoms with Gasteiger partial charge in [-0.05, 0) is 75.2 Å². The minimum absolute atomic E-state index is 0.0410. The zero-order valence-corrected chi connectivity index (χ0v) is 17.7. The first-order chi connectivity index (χ1) is 13.4. The lowest BCUT2D eigenvalue weighted by atomic mass is 10.1. The smallest absolute Gasteiger partial charge is 0.254 e. The van der Waals surface area contributed by atoms with E-state index < -0.39 is 0 Å². The number of rotatable bonds is 6. The zero-order valence-electron chi connectivity index (χ0n) is 16.2. The normalized spacial score (nSPS) is 16.3. The molecule has 2 aromatic rings. The highest BCUT2D eigenvalue weighted by atomic mass is 79.9. The van der Waals surface area contributed by atoms with Crippen LogP contribution >= 0.6 is 15.9 Å². The Morgan fingerprint density at radius 3 is 2.39 bits per heavy atom. The van der Waals surface area contributed by atoms with Gasteiger partial charge < -0.3 is 15.0 Å². The van der Waals surface area contributed by atoms with E-state index in [4.69, 9.17) is 4.74 Å². The first kappa shape index (κ1) is 20.4. The fourth-order valence-electron chi connectivity index (χ4n) is 3.28. The maximum Gasteiger partial charge on any atom is 0.254 e. The standard InChI is InChI=1S/C22H25BrN2O3/c1-15(2)24-21(26)16-7-11-20(12-8-16)28-14-19-4-3-13-25(19)22(27)17-5-9-18(23)10-6-17/h5-12,15,19H,3-4,13-14H2,1-2H3,(H,24,26). The van der Waals surface area contributed by atoms with E-state index in [0.717, 1.165) is 23.9 Å². The first-order valence-corrected chi connectivity index (χ1v) is 10.3. The fourth-order valence-corrected chi connectivity index (χ4v) is 3.54. The molecule has 5 nitrogen and oxygen atoms in total. The van der Waals surface area contributed by atoms with Crippen molar-refractivity contribution in [3.63, 3.8) is 0 Å². The third-order valence-corrected chi connectivity index (χ3v) is 5.24. The average molecular weight is 445 g/mol. The third-order valence-electron chi connectivity index (χ3n) is 4.71. The van der Waals surface area contributed by atoms with Gasteiger partial charge in [-0.3, -0.25) is 9.59 Å². The molecular weight excluding hydrogens is 420 g/mol. The lowest BCUT2D eigenvalue weighted by Gasteiger charge is -2.25. The molecule has 1 heterocycles. The van der Waals surface area contributed by atoms with Crippen molar-refractivity contribution in [1.29, 1.82) is 0 Å². The molecule has 0 spiro atoms. The Hall–Kier alpha value is -2.34. The molecule has 3 rings (SSSR count). The number of benzene rings is 2. The molecule has 0 aliphatic carbocycles. The van der Waals surface area contributed by atoms with Crippen molar-refractivity contribution in [2.45, 2.75) is 38.8 Å². The Bertz CT molecular complexity index is 819. The van der Waals surface area contributed by atoms with Crippen molar-refractivity contribution in [1.82, 2.24) is 10.2 Å². The van der Waals surface area contributed by atoms with Gasteiger partial charge in [-0.15, -0.1) is 0 Å². The summed E-state index contributed by atoms with van der Waals surface area (Å²) in [6.45, 7) is 5.05. The van der Waals surface area contributed by atoms with E-state index in [-0.39, 0.29) is 23.9 Å². The number of nitrogens with zero attached hydrogens (tertiary/aromatic N) is 1. The highest BCUT2D eigenvalue weighted by molar-refractivity contribution is 9.10. The van der Waals surface area contributed by atoms with Crippen molar-refractivity contribution in [3.8, 4) is 5.75 Å². The molecule has 1 atom stereocenters. The summed E-state index contributed by atoms with van der Waals surface area (Å²) in [5, 5.41) is 2.87.